The van der Waals surface area contributed by atoms with E-state index in [4.69, 9.17) is 9.47 Å². The van der Waals surface area contributed by atoms with E-state index in [1.165, 1.54) is 16.7 Å². The Kier molecular flexibility index (Phi) is 8.46. The summed E-state index contributed by atoms with van der Waals surface area (Å²) >= 11 is 0. The van der Waals surface area contributed by atoms with Crippen molar-refractivity contribution in [1.29, 1.82) is 0 Å². The lowest BCUT2D eigenvalue weighted by Crippen LogP contribution is -2.35. The fraction of sp³-hybridized carbons (Fsp3) is 0.172. The minimum Gasteiger partial charge on any atom is -0.493 e. The minimum absolute atomic E-state index is 0.265. The van der Waals surface area contributed by atoms with Gasteiger partial charge in [-0.3, -0.25) is 0 Å². The third-order valence-electron chi connectivity index (χ3n) is 5.51. The molecule has 0 saturated heterocycles. The number of carbonyl (C=O) groups is 1. The average Bonchev–Trinajstić information content (AvgIpc) is 2.90. The molecule has 0 atom stereocenters. The highest BCUT2D eigenvalue weighted by Crippen LogP contribution is 2.24. The lowest BCUT2D eigenvalue weighted by molar-refractivity contribution is -0.731. The smallest absolute Gasteiger partial charge is 0.319 e. The SMILES string of the molecule is COC[n+]1cccc(CNC(=O)Nc2ccc(OCCc3ccccc3-c3ccccc3)cc2)c1. The fourth-order valence-electron chi connectivity index (χ4n) is 3.82. The van der Waals surface area contributed by atoms with E-state index in [1.807, 2.05) is 59.4 Å². The lowest BCUT2D eigenvalue weighted by atomic mass is 9.98. The number of amides is 2. The number of hydrogen-bond donors (Lipinski definition) is 2. The van der Waals surface area contributed by atoms with Crippen molar-refractivity contribution in [1.82, 2.24) is 5.32 Å². The number of methoxy groups -OCH3 is 1. The van der Waals surface area contributed by atoms with Crippen LogP contribution in [0.3, 0.4) is 0 Å². The Morgan fingerprint density at radius 3 is 2.46 bits per heavy atom. The molecule has 0 fully saturated rings. The first-order chi connectivity index (χ1) is 17.2. The zero-order valence-electron chi connectivity index (χ0n) is 19.8. The molecule has 2 N–H and O–H groups in total. The molecule has 0 spiro atoms. The highest BCUT2D eigenvalue weighted by Gasteiger charge is 2.07. The van der Waals surface area contributed by atoms with Gasteiger partial charge in [0, 0.05) is 30.8 Å². The van der Waals surface area contributed by atoms with Crippen molar-refractivity contribution >= 4 is 11.7 Å². The summed E-state index contributed by atoms with van der Waals surface area (Å²) in [5.74, 6) is 0.764. The van der Waals surface area contributed by atoms with E-state index < -0.39 is 0 Å². The van der Waals surface area contributed by atoms with Crippen LogP contribution < -0.4 is 19.9 Å². The molecule has 4 rings (SSSR count). The lowest BCUT2D eigenvalue weighted by Gasteiger charge is -2.12. The summed E-state index contributed by atoms with van der Waals surface area (Å²) in [6.45, 7) is 1.45. The van der Waals surface area contributed by atoms with Crippen molar-refractivity contribution in [3.05, 3.63) is 115 Å². The van der Waals surface area contributed by atoms with Crippen LogP contribution in [0.5, 0.6) is 5.75 Å². The molecule has 0 aliphatic heterocycles. The van der Waals surface area contributed by atoms with Crippen LogP contribution in [-0.2, 0) is 24.4 Å². The number of hydrogen-bond acceptors (Lipinski definition) is 3. The van der Waals surface area contributed by atoms with E-state index in [2.05, 4.69) is 59.2 Å². The molecule has 35 heavy (non-hydrogen) atoms. The molecule has 0 aliphatic rings. The van der Waals surface area contributed by atoms with Crippen molar-refractivity contribution in [2.24, 2.45) is 0 Å². The van der Waals surface area contributed by atoms with Gasteiger partial charge in [-0.15, -0.1) is 0 Å². The minimum atomic E-state index is -0.265. The van der Waals surface area contributed by atoms with Gasteiger partial charge >= 0.3 is 6.03 Å². The summed E-state index contributed by atoms with van der Waals surface area (Å²) in [7, 11) is 1.65. The number of pyridine rings is 1. The highest BCUT2D eigenvalue weighted by atomic mass is 16.5. The van der Waals surface area contributed by atoms with E-state index in [0.29, 0.717) is 25.6 Å². The molecule has 2 amide bonds. The van der Waals surface area contributed by atoms with E-state index in [0.717, 1.165) is 17.7 Å². The summed E-state index contributed by atoms with van der Waals surface area (Å²) < 4.78 is 13.0. The molecular formula is C29H30N3O3+. The van der Waals surface area contributed by atoms with Crippen molar-refractivity contribution in [3.8, 4) is 16.9 Å². The van der Waals surface area contributed by atoms with Crippen LogP contribution in [0.1, 0.15) is 11.1 Å². The molecule has 4 aromatic rings. The average molecular weight is 469 g/mol. The number of rotatable bonds is 10. The zero-order chi connectivity index (χ0) is 24.3. The van der Waals surface area contributed by atoms with E-state index in [-0.39, 0.29) is 6.03 Å². The number of benzene rings is 3. The van der Waals surface area contributed by atoms with Gasteiger partial charge < -0.3 is 20.1 Å². The van der Waals surface area contributed by atoms with Crippen LogP contribution in [0.25, 0.3) is 11.1 Å². The first-order valence-electron chi connectivity index (χ1n) is 11.6. The van der Waals surface area contributed by atoms with Gasteiger partial charge in [0.25, 0.3) is 6.73 Å². The second kappa shape index (κ2) is 12.3. The number of anilines is 1. The predicted molar refractivity (Wildman–Crippen MR) is 137 cm³/mol. The van der Waals surface area contributed by atoms with Crippen molar-refractivity contribution < 1.29 is 18.8 Å². The number of nitrogens with one attached hydrogen (secondary N) is 2. The Labute approximate surface area is 206 Å². The number of ether oxygens (including phenoxy) is 2. The fourth-order valence-corrected chi connectivity index (χ4v) is 3.82. The van der Waals surface area contributed by atoms with Crippen LogP contribution in [0, 0.1) is 0 Å². The van der Waals surface area contributed by atoms with Gasteiger partial charge in [-0.25, -0.2) is 4.79 Å². The number of nitrogens with zero attached hydrogens (tertiary/aromatic N) is 1. The Balaban J connectivity index is 1.25. The predicted octanol–water partition coefficient (Wildman–Crippen LogP) is 5.19. The van der Waals surface area contributed by atoms with Gasteiger partial charge in [-0.05, 0) is 47.0 Å². The third-order valence-corrected chi connectivity index (χ3v) is 5.51. The van der Waals surface area contributed by atoms with Crippen LogP contribution in [-0.4, -0.2) is 19.7 Å². The molecule has 1 heterocycles. The second-order valence-corrected chi connectivity index (χ2v) is 8.10. The summed E-state index contributed by atoms with van der Waals surface area (Å²) in [6.07, 6.45) is 4.66. The van der Waals surface area contributed by atoms with Crippen molar-refractivity contribution in [2.45, 2.75) is 19.7 Å². The van der Waals surface area contributed by atoms with E-state index in [9.17, 15) is 4.79 Å². The van der Waals surface area contributed by atoms with Gasteiger partial charge in [0.15, 0.2) is 12.4 Å². The van der Waals surface area contributed by atoms with Crippen LogP contribution in [0.15, 0.2) is 103 Å². The number of carbonyl (C=O) groups excluding carboxylic acids is 1. The Bertz CT molecular complexity index is 1230. The summed E-state index contributed by atoms with van der Waals surface area (Å²) in [5, 5.41) is 5.72. The van der Waals surface area contributed by atoms with Gasteiger partial charge in [-0.2, -0.15) is 4.57 Å². The van der Waals surface area contributed by atoms with Crippen molar-refractivity contribution in [2.75, 3.05) is 19.0 Å². The van der Waals surface area contributed by atoms with Crippen LogP contribution in [0.4, 0.5) is 10.5 Å². The Hall–Kier alpha value is -4.16. The van der Waals surface area contributed by atoms with E-state index in [1.54, 1.807) is 7.11 Å². The molecule has 0 bridgehead atoms. The van der Waals surface area contributed by atoms with Gasteiger partial charge in [-0.1, -0.05) is 54.6 Å². The molecule has 6 heteroatoms. The zero-order valence-corrected chi connectivity index (χ0v) is 19.8. The van der Waals surface area contributed by atoms with Crippen LogP contribution >= 0.6 is 0 Å². The van der Waals surface area contributed by atoms with E-state index >= 15 is 0 Å². The largest absolute Gasteiger partial charge is 0.493 e. The topological polar surface area (TPSA) is 63.5 Å². The highest BCUT2D eigenvalue weighted by molar-refractivity contribution is 5.89. The van der Waals surface area contributed by atoms with Gasteiger partial charge in [0.1, 0.15) is 5.75 Å². The normalized spacial score (nSPS) is 10.5. The summed E-state index contributed by atoms with van der Waals surface area (Å²) in [4.78, 5) is 12.3. The summed E-state index contributed by atoms with van der Waals surface area (Å²) in [6, 6.07) is 29.8. The molecule has 0 unspecified atom stereocenters. The molecule has 3 aromatic carbocycles. The monoisotopic (exact) mass is 468 g/mol. The van der Waals surface area contributed by atoms with Gasteiger partial charge in [0.2, 0.25) is 0 Å². The maximum Gasteiger partial charge on any atom is 0.319 e. The van der Waals surface area contributed by atoms with Gasteiger partial charge in [0.05, 0.1) is 13.2 Å². The molecule has 1 aromatic heterocycles. The Morgan fingerprint density at radius 2 is 1.66 bits per heavy atom. The maximum absolute atomic E-state index is 12.3. The molecule has 0 radical (unpaired) electrons. The third kappa shape index (κ3) is 7.16. The first-order valence-corrected chi connectivity index (χ1v) is 11.6. The quantitative estimate of drug-likeness (QED) is 0.315. The second-order valence-electron chi connectivity index (χ2n) is 8.10. The standard InChI is InChI=1S/C29H29N3O3/c1-34-22-32-18-7-8-23(21-32)20-30-29(33)31-26-13-15-27(16-14-26)35-19-17-25-11-5-6-12-28(25)24-9-3-2-4-10-24/h2-16,18,21H,17,19-20,22H2,1H3,(H-,30,31,33)/p+1. The summed E-state index contributed by atoms with van der Waals surface area (Å²) in [5.41, 5.74) is 5.37. The molecule has 0 saturated carbocycles. The molecule has 0 aliphatic carbocycles. The molecule has 178 valence electrons. The molecule has 6 nitrogen and oxygen atoms in total. The first kappa shape index (κ1) is 24.0. The number of aromatic nitrogens is 1. The van der Waals surface area contributed by atoms with Crippen molar-refractivity contribution in [3.63, 3.8) is 0 Å². The molecular weight excluding hydrogens is 438 g/mol. The maximum atomic E-state index is 12.3. The number of urea groups is 1. The Morgan fingerprint density at radius 1 is 0.886 bits per heavy atom. The van der Waals surface area contributed by atoms with Crippen LogP contribution in [0.2, 0.25) is 0 Å².